The normalized spacial score (nSPS) is 17.6. The van der Waals surface area contributed by atoms with E-state index in [4.69, 9.17) is 0 Å². The monoisotopic (exact) mass is 535 g/mol. The van der Waals surface area contributed by atoms with Crippen LogP contribution < -0.4 is 5.32 Å². The number of benzene rings is 2. The van der Waals surface area contributed by atoms with E-state index in [0.717, 1.165) is 48.4 Å². The molecule has 0 amide bonds. The second-order valence-corrected chi connectivity index (χ2v) is 12.9. The Bertz CT molecular complexity index is 1080. The van der Waals surface area contributed by atoms with E-state index in [1.54, 1.807) is 12.4 Å². The maximum atomic E-state index is 11.1. The molecule has 0 saturated heterocycles. The van der Waals surface area contributed by atoms with Crippen molar-refractivity contribution < 1.29 is 10.2 Å². The van der Waals surface area contributed by atoms with Crippen LogP contribution in [-0.2, 0) is 23.9 Å². The zero-order chi connectivity index (χ0) is 28.8. The molecule has 1 aliphatic rings. The summed E-state index contributed by atoms with van der Waals surface area (Å²) in [6, 6.07) is 8.36. The van der Waals surface area contributed by atoms with E-state index in [2.05, 4.69) is 105 Å². The number of nitrogens with one attached hydrogen (secondary N) is 1. The molecule has 0 atom stereocenters. The Hall–Kier alpha value is -2.74. The van der Waals surface area contributed by atoms with Gasteiger partial charge in [-0.1, -0.05) is 53.7 Å². The van der Waals surface area contributed by atoms with Gasteiger partial charge in [-0.15, -0.1) is 0 Å². The minimum atomic E-state index is -0.0411. The first-order chi connectivity index (χ1) is 18.3. The van der Waals surface area contributed by atoms with Crippen LogP contribution in [0.25, 0.3) is 0 Å². The summed E-state index contributed by atoms with van der Waals surface area (Å²) in [4.78, 5) is 13.6. The van der Waals surface area contributed by atoms with Crippen LogP contribution in [0.4, 0.5) is 0 Å². The van der Waals surface area contributed by atoms with Gasteiger partial charge >= 0.3 is 0 Å². The van der Waals surface area contributed by atoms with Gasteiger partial charge in [0, 0.05) is 74.0 Å². The molecule has 1 aliphatic heterocycles. The van der Waals surface area contributed by atoms with Crippen LogP contribution in [-0.4, -0.2) is 85.8 Å². The molecule has 3 rings (SSSR count). The highest BCUT2D eigenvalue weighted by molar-refractivity contribution is 5.85. The van der Waals surface area contributed by atoms with E-state index in [0.29, 0.717) is 37.7 Å². The molecule has 214 valence electrons. The quantitative estimate of drug-likeness (QED) is 0.456. The highest BCUT2D eigenvalue weighted by Crippen LogP contribution is 2.32. The third-order valence-electron chi connectivity index (χ3n) is 7.21. The van der Waals surface area contributed by atoms with E-state index < -0.39 is 0 Å². The number of phenolic OH excluding ortho intramolecular Hbond substituents is 2. The number of aliphatic imine (C=N–C) groups is 2. The zero-order valence-electron chi connectivity index (χ0n) is 25.3. The van der Waals surface area contributed by atoms with Gasteiger partial charge in [-0.2, -0.15) is 0 Å². The van der Waals surface area contributed by atoms with Crippen LogP contribution in [0.5, 0.6) is 11.5 Å². The first-order valence-electron chi connectivity index (χ1n) is 14.1. The van der Waals surface area contributed by atoms with Gasteiger partial charge in [-0.25, -0.2) is 0 Å². The van der Waals surface area contributed by atoms with Gasteiger partial charge in [0.25, 0.3) is 0 Å². The Morgan fingerprint density at radius 1 is 0.667 bits per heavy atom. The lowest BCUT2D eigenvalue weighted by atomic mass is 9.84. The Morgan fingerprint density at radius 3 is 1.41 bits per heavy atom. The summed E-state index contributed by atoms with van der Waals surface area (Å²) >= 11 is 0. The molecule has 2 aromatic rings. The number of fused-ring (bicyclic) bond motifs is 4. The van der Waals surface area contributed by atoms with Crippen molar-refractivity contribution in [1.29, 1.82) is 0 Å². The van der Waals surface area contributed by atoms with Crippen molar-refractivity contribution >= 4 is 12.4 Å². The minimum Gasteiger partial charge on any atom is -0.507 e. The summed E-state index contributed by atoms with van der Waals surface area (Å²) in [5.74, 6) is 0.605. The van der Waals surface area contributed by atoms with Crippen LogP contribution >= 0.6 is 0 Å². The van der Waals surface area contributed by atoms with E-state index >= 15 is 0 Å². The molecule has 0 aromatic heterocycles. The zero-order valence-corrected chi connectivity index (χ0v) is 25.3. The number of phenols is 2. The Morgan fingerprint density at radius 2 is 1.05 bits per heavy atom. The summed E-state index contributed by atoms with van der Waals surface area (Å²) in [5.41, 5.74) is 5.64. The van der Waals surface area contributed by atoms with Crippen LogP contribution in [0.15, 0.2) is 34.3 Å². The standard InChI is InChI=1S/C32H49N5O2/c1-31(2,3)27-15-23-19-34-11-9-33-10-12-35-20-24-16-28(32(4,5)6)18-26(30(24)39)22-37(8)14-13-36(7)21-25(17-27)29(23)38/h15-20,33,38-39H,9-14,21-22H2,1-8H3. The highest BCUT2D eigenvalue weighted by atomic mass is 16.3. The lowest BCUT2D eigenvalue weighted by Crippen LogP contribution is -2.30. The lowest BCUT2D eigenvalue weighted by Gasteiger charge is -2.26. The van der Waals surface area contributed by atoms with Gasteiger partial charge in [-0.3, -0.25) is 9.98 Å². The van der Waals surface area contributed by atoms with Crippen molar-refractivity contribution in [3.63, 3.8) is 0 Å². The van der Waals surface area contributed by atoms with Crippen molar-refractivity contribution in [2.24, 2.45) is 9.98 Å². The average molecular weight is 536 g/mol. The summed E-state index contributed by atoms with van der Waals surface area (Å²) in [5, 5.41) is 25.6. The highest BCUT2D eigenvalue weighted by Gasteiger charge is 2.21. The molecule has 1 heterocycles. The SMILES string of the molecule is CN1CCN(C)Cc2cc(C(C)(C)C)cc(c2O)C=NCCNCCN=Cc2cc(C(C)(C)C)cc(c2O)C1. The summed E-state index contributed by atoms with van der Waals surface area (Å²) < 4.78 is 0. The van der Waals surface area contributed by atoms with E-state index in [9.17, 15) is 10.2 Å². The lowest BCUT2D eigenvalue weighted by molar-refractivity contribution is 0.243. The topological polar surface area (TPSA) is 83.7 Å². The van der Waals surface area contributed by atoms with Gasteiger partial charge in [0.1, 0.15) is 11.5 Å². The fourth-order valence-electron chi connectivity index (χ4n) is 4.56. The molecule has 0 aliphatic carbocycles. The number of rotatable bonds is 0. The summed E-state index contributed by atoms with van der Waals surface area (Å²) in [6.45, 7) is 18.7. The van der Waals surface area contributed by atoms with Gasteiger partial charge in [0.2, 0.25) is 0 Å². The molecule has 3 N–H and O–H groups in total. The molecular formula is C32H49N5O2. The Balaban J connectivity index is 1.91. The van der Waals surface area contributed by atoms with Gasteiger partial charge < -0.3 is 25.3 Å². The molecule has 39 heavy (non-hydrogen) atoms. The van der Waals surface area contributed by atoms with Gasteiger partial charge in [0.05, 0.1) is 13.1 Å². The smallest absolute Gasteiger partial charge is 0.128 e. The maximum Gasteiger partial charge on any atom is 0.128 e. The molecule has 0 radical (unpaired) electrons. The van der Waals surface area contributed by atoms with E-state index in [1.165, 1.54) is 11.1 Å². The van der Waals surface area contributed by atoms with Crippen molar-refractivity contribution in [1.82, 2.24) is 15.1 Å². The predicted octanol–water partition coefficient (Wildman–Crippen LogP) is 4.70. The van der Waals surface area contributed by atoms with Crippen molar-refractivity contribution in [3.8, 4) is 11.5 Å². The predicted molar refractivity (Wildman–Crippen MR) is 164 cm³/mol. The third kappa shape index (κ3) is 8.88. The molecule has 7 nitrogen and oxygen atoms in total. The second kappa shape index (κ2) is 13.1. The fourth-order valence-corrected chi connectivity index (χ4v) is 4.56. The molecule has 0 spiro atoms. The van der Waals surface area contributed by atoms with Gasteiger partial charge in [-0.05, 0) is 48.2 Å². The summed E-state index contributed by atoms with van der Waals surface area (Å²) in [6.07, 6.45) is 3.60. The van der Waals surface area contributed by atoms with E-state index in [1.807, 2.05) is 0 Å². The first kappa shape index (κ1) is 30.8. The van der Waals surface area contributed by atoms with Crippen LogP contribution in [0, 0.1) is 0 Å². The molecule has 7 heteroatoms. The van der Waals surface area contributed by atoms with Crippen LogP contribution in [0.3, 0.4) is 0 Å². The van der Waals surface area contributed by atoms with Crippen molar-refractivity contribution in [2.75, 3.05) is 53.4 Å². The number of aromatic hydroxyl groups is 2. The minimum absolute atomic E-state index is 0.0411. The molecule has 2 aromatic carbocycles. The average Bonchev–Trinajstić information content (AvgIpc) is 2.83. The van der Waals surface area contributed by atoms with Crippen LogP contribution in [0.2, 0.25) is 0 Å². The first-order valence-corrected chi connectivity index (χ1v) is 14.1. The third-order valence-corrected chi connectivity index (χ3v) is 7.21. The van der Waals surface area contributed by atoms with E-state index in [-0.39, 0.29) is 10.8 Å². The molecule has 4 bridgehead atoms. The van der Waals surface area contributed by atoms with Gasteiger partial charge in [0.15, 0.2) is 0 Å². The Kier molecular flexibility index (Phi) is 10.3. The molecule has 0 unspecified atom stereocenters. The largest absolute Gasteiger partial charge is 0.507 e. The molecular weight excluding hydrogens is 486 g/mol. The Labute approximate surface area is 235 Å². The van der Waals surface area contributed by atoms with Crippen LogP contribution in [0.1, 0.15) is 74.9 Å². The maximum absolute atomic E-state index is 11.1. The number of hydrogen-bond donors (Lipinski definition) is 3. The number of hydrogen-bond acceptors (Lipinski definition) is 7. The molecule has 0 saturated carbocycles. The fraction of sp³-hybridized carbons (Fsp3) is 0.562. The second-order valence-electron chi connectivity index (χ2n) is 12.9. The number of nitrogens with zero attached hydrogens (tertiary/aromatic N) is 4. The summed E-state index contributed by atoms with van der Waals surface area (Å²) in [7, 11) is 4.16. The van der Waals surface area contributed by atoms with Crippen molar-refractivity contribution in [2.45, 2.75) is 65.5 Å². The molecule has 0 fully saturated rings. The van der Waals surface area contributed by atoms with Crippen molar-refractivity contribution in [3.05, 3.63) is 57.6 Å². The number of likely N-dealkylation sites (N-methyl/N-ethyl adjacent to an activating group) is 2.